The summed E-state index contributed by atoms with van der Waals surface area (Å²) < 4.78 is 0. The third-order valence-electron chi connectivity index (χ3n) is 1.20. The molecular weight excluding hydrogens is 113 g/mol. The molecule has 3 N–H and O–H groups in total. The van der Waals surface area contributed by atoms with Crippen LogP contribution in [0.25, 0.3) is 0 Å². The lowest BCUT2D eigenvalue weighted by Gasteiger charge is -2.04. The van der Waals surface area contributed by atoms with E-state index in [9.17, 15) is 0 Å². The summed E-state index contributed by atoms with van der Waals surface area (Å²) in [5.74, 6) is 0. The second kappa shape index (κ2) is 6.11. The molecule has 3 heteroatoms. The van der Waals surface area contributed by atoms with E-state index >= 15 is 0 Å². The molecule has 0 aliphatic heterocycles. The van der Waals surface area contributed by atoms with E-state index in [1.165, 1.54) is 0 Å². The van der Waals surface area contributed by atoms with Gasteiger partial charge in [0.25, 0.3) is 0 Å². The highest BCUT2D eigenvalue weighted by Crippen LogP contribution is 1.92. The monoisotopic (exact) mass is 128 g/mol. The van der Waals surface area contributed by atoms with Gasteiger partial charge in [0.1, 0.15) is 7.28 Å². The highest BCUT2D eigenvalue weighted by Gasteiger charge is 1.98. The van der Waals surface area contributed by atoms with Crippen LogP contribution in [-0.4, -0.2) is 25.0 Å². The van der Waals surface area contributed by atoms with E-state index in [1.807, 2.05) is 0 Å². The van der Waals surface area contributed by atoms with Gasteiger partial charge in [-0.25, -0.2) is 0 Å². The van der Waals surface area contributed by atoms with Crippen molar-refractivity contribution in [3.05, 3.63) is 0 Å². The van der Waals surface area contributed by atoms with E-state index in [-0.39, 0.29) is 12.6 Å². The lowest BCUT2D eigenvalue weighted by molar-refractivity contribution is 0.273. The van der Waals surface area contributed by atoms with Gasteiger partial charge in [0.05, 0.1) is 6.61 Å². The number of hydrogen-bond acceptors (Lipinski definition) is 2. The van der Waals surface area contributed by atoms with Gasteiger partial charge in [-0.1, -0.05) is 26.0 Å². The van der Waals surface area contributed by atoms with Crippen molar-refractivity contribution in [3.63, 3.8) is 0 Å². The third kappa shape index (κ3) is 5.86. The van der Waals surface area contributed by atoms with E-state index in [1.54, 1.807) is 0 Å². The number of rotatable bonds is 5. The molecule has 0 saturated heterocycles. The Hall–Kier alpha value is -0.0151. The third-order valence-corrected chi connectivity index (χ3v) is 1.20. The van der Waals surface area contributed by atoms with E-state index in [0.717, 1.165) is 19.1 Å². The molecule has 0 aliphatic rings. The maximum atomic E-state index is 8.49. The summed E-state index contributed by atoms with van der Waals surface area (Å²) in [6.07, 6.45) is 3.11. The van der Waals surface area contributed by atoms with Gasteiger partial charge >= 0.3 is 0 Å². The predicted octanol–water partition coefficient (Wildman–Crippen LogP) is 0.257. The minimum atomic E-state index is -0.0449. The zero-order chi connectivity index (χ0) is 7.11. The molecule has 0 fully saturated rings. The first-order valence-electron chi connectivity index (χ1n) is 3.49. The van der Waals surface area contributed by atoms with Crippen molar-refractivity contribution < 1.29 is 5.11 Å². The van der Waals surface area contributed by atoms with Crippen LogP contribution in [0.4, 0.5) is 0 Å². The number of aliphatic hydroxyl groups is 1. The Bertz CT molecular complexity index is 61.0. The summed E-state index contributed by atoms with van der Waals surface area (Å²) >= 11 is 0. The van der Waals surface area contributed by atoms with Gasteiger partial charge < -0.3 is 10.8 Å². The van der Waals surface area contributed by atoms with Crippen molar-refractivity contribution in [1.29, 1.82) is 0 Å². The van der Waals surface area contributed by atoms with Crippen LogP contribution in [0.3, 0.4) is 0 Å². The molecule has 0 spiro atoms. The standard InChI is InChI=1S/C6H15BNO/c1-2-3-7-4-6(8)5-9/h6,9H,2-5,8H2,1H3/t6-/m0/s1. The van der Waals surface area contributed by atoms with Crippen LogP contribution in [0.15, 0.2) is 0 Å². The lowest BCUT2D eigenvalue weighted by Crippen LogP contribution is -2.25. The topological polar surface area (TPSA) is 46.2 Å². The fourth-order valence-corrected chi connectivity index (χ4v) is 0.611. The van der Waals surface area contributed by atoms with E-state index in [2.05, 4.69) is 14.2 Å². The molecule has 1 atom stereocenters. The highest BCUT2D eigenvalue weighted by atomic mass is 16.3. The van der Waals surface area contributed by atoms with Gasteiger partial charge in [-0.05, 0) is 0 Å². The molecule has 0 heterocycles. The van der Waals surface area contributed by atoms with Gasteiger partial charge in [-0.15, -0.1) is 0 Å². The lowest BCUT2D eigenvalue weighted by atomic mass is 9.68. The van der Waals surface area contributed by atoms with E-state index in [4.69, 9.17) is 10.8 Å². The smallest absolute Gasteiger partial charge is 0.111 e. The minimum Gasteiger partial charge on any atom is -0.395 e. The molecule has 0 aromatic carbocycles. The van der Waals surface area contributed by atoms with Crippen molar-refractivity contribution in [1.82, 2.24) is 0 Å². The second-order valence-electron chi connectivity index (χ2n) is 2.26. The summed E-state index contributed by atoms with van der Waals surface area (Å²) in [6, 6.07) is -0.0449. The fourth-order valence-electron chi connectivity index (χ4n) is 0.611. The Morgan fingerprint density at radius 2 is 2.33 bits per heavy atom. The largest absolute Gasteiger partial charge is 0.395 e. The number of nitrogens with two attached hydrogens (primary N) is 1. The Kier molecular flexibility index (Phi) is 6.10. The normalized spacial score (nSPS) is 13.2. The van der Waals surface area contributed by atoms with Gasteiger partial charge in [-0.3, -0.25) is 0 Å². The summed E-state index contributed by atoms with van der Waals surface area (Å²) in [5, 5.41) is 8.49. The average molecular weight is 128 g/mol. The van der Waals surface area contributed by atoms with Crippen LogP contribution in [0, 0.1) is 0 Å². The van der Waals surface area contributed by atoms with Crippen molar-refractivity contribution in [2.24, 2.45) is 5.73 Å². The molecule has 0 amide bonds. The maximum absolute atomic E-state index is 8.49. The van der Waals surface area contributed by atoms with Crippen LogP contribution in [0.1, 0.15) is 13.3 Å². The van der Waals surface area contributed by atoms with Gasteiger partial charge in [0, 0.05) is 6.04 Å². The average Bonchev–Trinajstić information content (AvgIpc) is 1.89. The van der Waals surface area contributed by atoms with Crippen molar-refractivity contribution in [2.75, 3.05) is 6.61 Å². The molecule has 0 bridgehead atoms. The second-order valence-corrected chi connectivity index (χ2v) is 2.26. The summed E-state index contributed by atoms with van der Waals surface area (Å²) in [6.45, 7) is 2.22. The first-order chi connectivity index (χ1) is 4.31. The molecule has 1 radical (unpaired) electrons. The molecule has 2 nitrogen and oxygen atoms in total. The molecule has 0 aromatic heterocycles. The number of aliphatic hydroxyl groups excluding tert-OH is 1. The number of hydrogen-bond donors (Lipinski definition) is 2. The van der Waals surface area contributed by atoms with Gasteiger partial charge in [0.2, 0.25) is 0 Å². The van der Waals surface area contributed by atoms with Crippen molar-refractivity contribution >= 4 is 7.28 Å². The minimum absolute atomic E-state index is 0.0449. The fraction of sp³-hybridized carbons (Fsp3) is 1.00. The van der Waals surface area contributed by atoms with Crippen molar-refractivity contribution in [2.45, 2.75) is 32.0 Å². The van der Waals surface area contributed by atoms with Gasteiger partial charge in [-0.2, -0.15) is 0 Å². The van der Waals surface area contributed by atoms with Crippen LogP contribution in [0.5, 0.6) is 0 Å². The Balaban J connectivity index is 2.88. The first-order valence-corrected chi connectivity index (χ1v) is 3.49. The molecular formula is C6H15BNO. The predicted molar refractivity (Wildman–Crippen MR) is 40.7 cm³/mol. The molecule has 0 rings (SSSR count). The maximum Gasteiger partial charge on any atom is 0.111 e. The van der Waals surface area contributed by atoms with E-state index < -0.39 is 0 Å². The molecule has 53 valence electrons. The van der Waals surface area contributed by atoms with E-state index in [0.29, 0.717) is 0 Å². The quantitative estimate of drug-likeness (QED) is 0.412. The SMILES string of the molecule is CCC[B]C[C@H](N)CO. The zero-order valence-electron chi connectivity index (χ0n) is 6.01. The Morgan fingerprint density at radius 3 is 2.78 bits per heavy atom. The van der Waals surface area contributed by atoms with Crippen LogP contribution in [0.2, 0.25) is 12.6 Å². The van der Waals surface area contributed by atoms with Crippen LogP contribution in [-0.2, 0) is 0 Å². The summed E-state index contributed by atoms with van der Waals surface area (Å²) in [7, 11) is 2.13. The molecule has 9 heavy (non-hydrogen) atoms. The van der Waals surface area contributed by atoms with Crippen molar-refractivity contribution in [3.8, 4) is 0 Å². The highest BCUT2D eigenvalue weighted by molar-refractivity contribution is 6.35. The zero-order valence-corrected chi connectivity index (χ0v) is 6.01. The van der Waals surface area contributed by atoms with Crippen LogP contribution >= 0.6 is 0 Å². The van der Waals surface area contributed by atoms with Crippen LogP contribution < -0.4 is 5.73 Å². The Morgan fingerprint density at radius 1 is 1.67 bits per heavy atom. The first kappa shape index (κ1) is 8.98. The molecule has 0 aromatic rings. The molecule has 0 unspecified atom stereocenters. The van der Waals surface area contributed by atoms with Gasteiger partial charge in [0.15, 0.2) is 0 Å². The Labute approximate surface area is 57.7 Å². The molecule has 0 saturated carbocycles. The summed E-state index contributed by atoms with van der Waals surface area (Å²) in [4.78, 5) is 0. The molecule has 0 aliphatic carbocycles. The summed E-state index contributed by atoms with van der Waals surface area (Å²) in [5.41, 5.74) is 5.43.